The lowest BCUT2D eigenvalue weighted by Gasteiger charge is -2.45. The van der Waals surface area contributed by atoms with Crippen LogP contribution in [0.1, 0.15) is 56.6 Å². The summed E-state index contributed by atoms with van der Waals surface area (Å²) in [6, 6.07) is 7.65. The summed E-state index contributed by atoms with van der Waals surface area (Å²) in [6.07, 6.45) is 3.22. The fourth-order valence-electron chi connectivity index (χ4n) is 5.79. The minimum absolute atomic E-state index is 0.0656. The Morgan fingerprint density at radius 2 is 1.82 bits per heavy atom. The van der Waals surface area contributed by atoms with E-state index in [0.717, 1.165) is 12.1 Å². The van der Waals surface area contributed by atoms with Crippen molar-refractivity contribution < 1.29 is 31.8 Å². The molecule has 0 spiro atoms. The van der Waals surface area contributed by atoms with Gasteiger partial charge >= 0.3 is 6.09 Å². The van der Waals surface area contributed by atoms with E-state index in [2.05, 4.69) is 0 Å². The quantitative estimate of drug-likeness (QED) is 0.512. The van der Waals surface area contributed by atoms with Crippen LogP contribution in [0.25, 0.3) is 0 Å². The maximum atomic E-state index is 15.0. The maximum absolute atomic E-state index is 15.0. The van der Waals surface area contributed by atoms with Gasteiger partial charge in [0.1, 0.15) is 22.1 Å². The molecule has 1 aliphatic carbocycles. The van der Waals surface area contributed by atoms with Crippen LogP contribution < -0.4 is 0 Å². The first-order valence-electron chi connectivity index (χ1n) is 13.0. The summed E-state index contributed by atoms with van der Waals surface area (Å²) in [6.45, 7) is 0.980. The lowest BCUT2D eigenvalue weighted by atomic mass is 9.90. The van der Waals surface area contributed by atoms with E-state index in [0.29, 0.717) is 63.6 Å². The number of carbonyl (C=O) groups is 1. The molecule has 2 aromatic carbocycles. The molecule has 1 saturated carbocycles. The summed E-state index contributed by atoms with van der Waals surface area (Å²) in [5.74, 6) is -1.33. The molecule has 2 aliphatic heterocycles. The van der Waals surface area contributed by atoms with E-state index in [9.17, 15) is 27.1 Å². The number of hydrogen-bond acceptors (Lipinski definition) is 5. The third-order valence-electron chi connectivity index (χ3n) is 8.02. The number of sulfonamides is 1. The van der Waals surface area contributed by atoms with Gasteiger partial charge in [-0.05, 0) is 86.8 Å². The maximum Gasteiger partial charge on any atom is 0.410 e. The van der Waals surface area contributed by atoms with Crippen LogP contribution in [0.15, 0.2) is 47.4 Å². The number of hydrogen-bond donors (Lipinski definition) is 1. The second kappa shape index (κ2) is 10.7. The molecule has 3 aliphatic rings. The van der Waals surface area contributed by atoms with E-state index < -0.39 is 50.3 Å². The van der Waals surface area contributed by atoms with Gasteiger partial charge in [-0.2, -0.15) is 4.31 Å². The fraction of sp³-hybridized carbons (Fsp3) is 0.519. The van der Waals surface area contributed by atoms with Gasteiger partial charge in [0, 0.05) is 24.7 Å². The molecular formula is C27H31ClF2N2O5S. The van der Waals surface area contributed by atoms with Gasteiger partial charge in [-0.1, -0.05) is 23.7 Å². The molecule has 0 bridgehead atoms. The Hall–Kier alpha value is -2.27. The van der Waals surface area contributed by atoms with Crippen LogP contribution in [-0.2, 0) is 14.8 Å². The minimum atomic E-state index is -4.44. The van der Waals surface area contributed by atoms with Crippen molar-refractivity contribution in [2.24, 2.45) is 5.92 Å². The number of piperidine rings is 2. The first-order valence-corrected chi connectivity index (χ1v) is 14.8. The molecule has 2 atom stereocenters. The van der Waals surface area contributed by atoms with Crippen molar-refractivity contribution in [2.45, 2.75) is 67.5 Å². The number of aliphatic hydroxyl groups excluding tert-OH is 1. The van der Waals surface area contributed by atoms with Gasteiger partial charge in [0.05, 0.1) is 12.1 Å². The highest BCUT2D eigenvalue weighted by molar-refractivity contribution is 7.89. The molecule has 2 saturated heterocycles. The summed E-state index contributed by atoms with van der Waals surface area (Å²) in [5.41, 5.74) is -0.590. The van der Waals surface area contributed by atoms with Gasteiger partial charge in [-0.25, -0.2) is 22.0 Å². The zero-order valence-electron chi connectivity index (χ0n) is 20.9. The van der Waals surface area contributed by atoms with Crippen LogP contribution in [0, 0.1) is 17.6 Å². The van der Waals surface area contributed by atoms with Crippen molar-refractivity contribution in [3.05, 3.63) is 64.7 Å². The topological polar surface area (TPSA) is 87.2 Å². The summed E-state index contributed by atoms with van der Waals surface area (Å²) in [5, 5.41) is 9.46. The second-order valence-corrected chi connectivity index (χ2v) is 12.7. The lowest BCUT2D eigenvalue weighted by molar-refractivity contribution is -0.0133. The predicted molar refractivity (Wildman–Crippen MR) is 137 cm³/mol. The Labute approximate surface area is 226 Å². The molecule has 0 unspecified atom stereocenters. The average molecular weight is 569 g/mol. The highest BCUT2D eigenvalue weighted by Crippen LogP contribution is 2.53. The molecule has 38 heavy (non-hydrogen) atoms. The van der Waals surface area contributed by atoms with E-state index in [1.165, 1.54) is 28.6 Å². The molecule has 0 aromatic heterocycles. The zero-order valence-corrected chi connectivity index (χ0v) is 22.4. The van der Waals surface area contributed by atoms with E-state index in [-0.39, 0.29) is 17.5 Å². The minimum Gasteiger partial charge on any atom is -0.441 e. The van der Waals surface area contributed by atoms with Crippen molar-refractivity contribution in [1.29, 1.82) is 0 Å². The van der Waals surface area contributed by atoms with Gasteiger partial charge in [0.25, 0.3) is 0 Å². The largest absolute Gasteiger partial charge is 0.441 e. The molecule has 2 heterocycles. The van der Waals surface area contributed by atoms with Gasteiger partial charge < -0.3 is 14.7 Å². The van der Waals surface area contributed by atoms with Gasteiger partial charge in [0.15, 0.2) is 0 Å². The molecule has 5 rings (SSSR count). The monoisotopic (exact) mass is 568 g/mol. The standard InChI is InChI=1S/C27H31ClF2N2O5S/c28-20-7-8-24(22(30)16-20)38(35,36)32-23(19-3-1-4-21(29)15-19)5-2-6-25(32)27(11-12-27)37-26(34)31-13-9-18(17-33)10-14-31/h1,3-4,7-8,15-16,18,23,25,33H,2,5-6,9-14,17H2/t23-,25+/m0/s1. The summed E-state index contributed by atoms with van der Waals surface area (Å²) < 4.78 is 64.7. The number of aliphatic hydroxyl groups is 1. The van der Waals surface area contributed by atoms with E-state index in [1.807, 2.05) is 0 Å². The number of nitrogens with zero attached hydrogens (tertiary/aromatic N) is 2. The summed E-state index contributed by atoms with van der Waals surface area (Å²) in [4.78, 5) is 14.2. The lowest BCUT2D eigenvalue weighted by Crippen LogP contribution is -2.54. The number of carbonyl (C=O) groups excluding carboxylic acids is 1. The predicted octanol–water partition coefficient (Wildman–Crippen LogP) is 5.28. The smallest absolute Gasteiger partial charge is 0.410 e. The van der Waals surface area contributed by atoms with Crippen molar-refractivity contribution in [3.8, 4) is 0 Å². The number of ether oxygens (including phenoxy) is 1. The number of halogens is 3. The van der Waals surface area contributed by atoms with Gasteiger partial charge in [0.2, 0.25) is 10.0 Å². The molecule has 7 nitrogen and oxygen atoms in total. The Kier molecular flexibility index (Phi) is 7.70. The first-order chi connectivity index (χ1) is 18.1. The van der Waals surface area contributed by atoms with Crippen LogP contribution in [-0.4, -0.2) is 60.2 Å². The Morgan fingerprint density at radius 1 is 1.08 bits per heavy atom. The van der Waals surface area contributed by atoms with Crippen LogP contribution in [0.4, 0.5) is 13.6 Å². The van der Waals surface area contributed by atoms with Crippen molar-refractivity contribution >= 4 is 27.7 Å². The van der Waals surface area contributed by atoms with Crippen LogP contribution in [0.2, 0.25) is 5.02 Å². The van der Waals surface area contributed by atoms with Crippen molar-refractivity contribution in [1.82, 2.24) is 9.21 Å². The SMILES string of the molecule is O=C(OC1([C@H]2CCC[C@@H](c3cccc(F)c3)N2S(=O)(=O)c2ccc(Cl)cc2F)CC1)N1CCC(CO)CC1. The van der Waals surface area contributed by atoms with Gasteiger partial charge in [-0.3, -0.25) is 0 Å². The highest BCUT2D eigenvalue weighted by atomic mass is 35.5. The summed E-state index contributed by atoms with van der Waals surface area (Å²) >= 11 is 5.89. The van der Waals surface area contributed by atoms with Crippen molar-refractivity contribution in [3.63, 3.8) is 0 Å². The zero-order chi connectivity index (χ0) is 27.1. The normalized spacial score (nSPS) is 24.3. The molecule has 2 aromatic rings. The third-order valence-corrected chi connectivity index (χ3v) is 10.2. The molecular weight excluding hydrogens is 538 g/mol. The molecule has 1 amide bonds. The average Bonchev–Trinajstić information content (AvgIpc) is 3.68. The first kappa shape index (κ1) is 27.3. The molecule has 1 N–H and O–H groups in total. The molecule has 206 valence electrons. The van der Waals surface area contributed by atoms with E-state index >= 15 is 0 Å². The third kappa shape index (κ3) is 5.28. The van der Waals surface area contributed by atoms with Crippen molar-refractivity contribution in [2.75, 3.05) is 19.7 Å². The van der Waals surface area contributed by atoms with E-state index in [1.54, 1.807) is 11.0 Å². The van der Waals surface area contributed by atoms with E-state index in [4.69, 9.17) is 16.3 Å². The van der Waals surface area contributed by atoms with Crippen LogP contribution >= 0.6 is 11.6 Å². The second-order valence-electron chi connectivity index (χ2n) is 10.5. The Balaban J connectivity index is 1.50. The van der Waals surface area contributed by atoms with Crippen LogP contribution in [0.3, 0.4) is 0 Å². The molecule has 0 radical (unpaired) electrons. The van der Waals surface area contributed by atoms with Crippen LogP contribution in [0.5, 0.6) is 0 Å². The molecule has 3 fully saturated rings. The molecule has 11 heteroatoms. The van der Waals surface area contributed by atoms with Gasteiger partial charge in [-0.15, -0.1) is 0 Å². The Bertz CT molecular complexity index is 1300. The highest BCUT2D eigenvalue weighted by Gasteiger charge is 2.60. The summed E-state index contributed by atoms with van der Waals surface area (Å²) in [7, 11) is -4.44. The number of amides is 1. The fourth-order valence-corrected chi connectivity index (χ4v) is 7.92. The number of rotatable bonds is 6. The Morgan fingerprint density at radius 3 is 2.45 bits per heavy atom. The number of benzene rings is 2. The number of likely N-dealkylation sites (tertiary alicyclic amines) is 1.